The normalized spacial score (nSPS) is 32.0. The molecule has 1 N–H and O–H groups in total. The van der Waals surface area contributed by atoms with Crippen molar-refractivity contribution in [1.29, 1.82) is 0 Å². The first-order valence-corrected chi connectivity index (χ1v) is 7.68. The van der Waals surface area contributed by atoms with Crippen molar-refractivity contribution < 1.29 is 19.4 Å². The van der Waals surface area contributed by atoms with Gasteiger partial charge in [-0.05, 0) is 50.4 Å². The van der Waals surface area contributed by atoms with E-state index in [9.17, 15) is 9.59 Å². The summed E-state index contributed by atoms with van der Waals surface area (Å²) in [5.41, 5.74) is 0. The van der Waals surface area contributed by atoms with Crippen LogP contribution in [0.2, 0.25) is 0 Å². The molecule has 0 radical (unpaired) electrons. The molecule has 2 saturated heterocycles. The summed E-state index contributed by atoms with van der Waals surface area (Å²) in [5, 5.41) is 8.56. The number of fused-ring (bicyclic) bond motifs is 2. The lowest BCUT2D eigenvalue weighted by molar-refractivity contribution is -0.137. The van der Waals surface area contributed by atoms with Gasteiger partial charge in [-0.2, -0.15) is 0 Å². The Balaban J connectivity index is 1.74. The monoisotopic (exact) mass is 280 g/mol. The van der Waals surface area contributed by atoms with Crippen LogP contribution in [-0.2, 0) is 14.3 Å². The van der Waals surface area contributed by atoms with E-state index in [1.54, 1.807) is 0 Å². The number of carboxylic acid groups (broad SMARTS) is 1. The number of ether oxygens (including phenoxy) is 1. The molecule has 4 atom stereocenters. The predicted molar refractivity (Wildman–Crippen MR) is 75.4 cm³/mol. The van der Waals surface area contributed by atoms with Crippen LogP contribution < -0.4 is 0 Å². The second kappa shape index (κ2) is 7.58. The van der Waals surface area contributed by atoms with Crippen LogP contribution in [0.3, 0.4) is 0 Å². The van der Waals surface area contributed by atoms with Crippen LogP contribution >= 0.6 is 0 Å². The largest absolute Gasteiger partial charge is 0.481 e. The van der Waals surface area contributed by atoms with Crippen molar-refractivity contribution in [2.24, 2.45) is 11.8 Å². The van der Waals surface area contributed by atoms with Crippen LogP contribution in [-0.4, -0.2) is 29.6 Å². The number of aldehydes is 1. The summed E-state index contributed by atoms with van der Waals surface area (Å²) in [6, 6.07) is 0. The summed E-state index contributed by atoms with van der Waals surface area (Å²) in [4.78, 5) is 21.0. The zero-order valence-electron chi connectivity index (χ0n) is 11.9. The topological polar surface area (TPSA) is 63.6 Å². The third-order valence-electron chi connectivity index (χ3n) is 4.54. The van der Waals surface area contributed by atoms with Gasteiger partial charge in [-0.15, -0.1) is 0 Å². The minimum absolute atomic E-state index is 0.240. The molecule has 20 heavy (non-hydrogen) atoms. The molecule has 0 aliphatic carbocycles. The van der Waals surface area contributed by atoms with Crippen molar-refractivity contribution in [3.8, 4) is 0 Å². The highest BCUT2D eigenvalue weighted by atomic mass is 16.5. The first kappa shape index (κ1) is 15.2. The maximum atomic E-state index is 10.6. The number of hydrogen-bond donors (Lipinski definition) is 1. The second-order valence-corrected chi connectivity index (χ2v) is 5.86. The van der Waals surface area contributed by atoms with E-state index < -0.39 is 5.97 Å². The molecule has 0 aromatic heterocycles. The molecule has 2 heterocycles. The molecule has 112 valence electrons. The number of rotatable bonds is 9. The number of hydrogen-bond acceptors (Lipinski definition) is 3. The number of carbonyl (C=O) groups excluding carboxylic acids is 1. The minimum Gasteiger partial charge on any atom is -0.481 e. The van der Waals surface area contributed by atoms with E-state index in [4.69, 9.17) is 9.84 Å². The molecular weight excluding hydrogens is 256 g/mol. The summed E-state index contributed by atoms with van der Waals surface area (Å²) in [6.45, 7) is 0. The Morgan fingerprint density at radius 3 is 2.60 bits per heavy atom. The molecule has 0 unspecified atom stereocenters. The maximum absolute atomic E-state index is 10.6. The van der Waals surface area contributed by atoms with E-state index in [0.717, 1.165) is 38.4 Å². The van der Waals surface area contributed by atoms with Crippen LogP contribution in [0.1, 0.15) is 51.4 Å². The van der Waals surface area contributed by atoms with Gasteiger partial charge in [0, 0.05) is 12.8 Å². The van der Waals surface area contributed by atoms with Gasteiger partial charge in [-0.3, -0.25) is 4.79 Å². The lowest BCUT2D eigenvalue weighted by Gasteiger charge is -2.26. The standard InChI is InChI=1S/C16H24O4/c17-11-5-7-13-12(14-9-10-15(13)20-14)6-3-1-2-4-8-16(18)19/h1,3,11-15H,2,4-10H2,(H,18,19)/t12-,13+,14-,15+/m1/s1. The molecule has 0 amide bonds. The van der Waals surface area contributed by atoms with Crippen LogP contribution in [0, 0.1) is 11.8 Å². The highest BCUT2D eigenvalue weighted by Crippen LogP contribution is 2.46. The van der Waals surface area contributed by atoms with Crippen molar-refractivity contribution >= 4 is 12.3 Å². The van der Waals surface area contributed by atoms with Crippen LogP contribution in [0.25, 0.3) is 0 Å². The van der Waals surface area contributed by atoms with Gasteiger partial charge in [0.2, 0.25) is 0 Å². The molecule has 4 nitrogen and oxygen atoms in total. The van der Waals surface area contributed by atoms with Gasteiger partial charge in [-0.1, -0.05) is 12.2 Å². The summed E-state index contributed by atoms with van der Waals surface area (Å²) in [6.07, 6.45) is 12.7. The zero-order chi connectivity index (χ0) is 14.4. The molecule has 0 aromatic rings. The second-order valence-electron chi connectivity index (χ2n) is 5.86. The van der Waals surface area contributed by atoms with Crippen LogP contribution in [0.15, 0.2) is 12.2 Å². The molecule has 0 aromatic carbocycles. The molecule has 2 bridgehead atoms. The van der Waals surface area contributed by atoms with E-state index in [2.05, 4.69) is 12.2 Å². The van der Waals surface area contributed by atoms with Gasteiger partial charge in [0.1, 0.15) is 6.29 Å². The Hall–Kier alpha value is -1.16. The first-order chi connectivity index (χ1) is 9.72. The summed E-state index contributed by atoms with van der Waals surface area (Å²) < 4.78 is 5.98. The average Bonchev–Trinajstić information content (AvgIpc) is 3.01. The molecule has 2 rings (SSSR count). The summed E-state index contributed by atoms with van der Waals surface area (Å²) >= 11 is 0. The number of carboxylic acids is 1. The van der Waals surface area contributed by atoms with Gasteiger partial charge in [0.25, 0.3) is 0 Å². The summed E-state index contributed by atoms with van der Waals surface area (Å²) in [7, 11) is 0. The van der Waals surface area contributed by atoms with E-state index in [0.29, 0.717) is 36.9 Å². The SMILES string of the molecule is O=CCC[C@H]1[C@@H](CC=CCCCC(=O)O)[C@H]2CC[C@@H]1O2. The van der Waals surface area contributed by atoms with Crippen LogP contribution in [0.5, 0.6) is 0 Å². The molecule has 4 heteroatoms. The van der Waals surface area contributed by atoms with E-state index in [1.807, 2.05) is 0 Å². The Morgan fingerprint density at radius 1 is 1.15 bits per heavy atom. The van der Waals surface area contributed by atoms with Crippen molar-refractivity contribution in [3.05, 3.63) is 12.2 Å². The molecule has 2 aliphatic heterocycles. The van der Waals surface area contributed by atoms with Gasteiger partial charge in [0.05, 0.1) is 12.2 Å². The Morgan fingerprint density at radius 2 is 1.90 bits per heavy atom. The lowest BCUT2D eigenvalue weighted by Crippen LogP contribution is -2.26. The molecular formula is C16H24O4. The van der Waals surface area contributed by atoms with Crippen molar-refractivity contribution in [3.63, 3.8) is 0 Å². The number of allylic oxidation sites excluding steroid dienone is 2. The van der Waals surface area contributed by atoms with Crippen LogP contribution in [0.4, 0.5) is 0 Å². The highest BCUT2D eigenvalue weighted by molar-refractivity contribution is 5.66. The maximum Gasteiger partial charge on any atom is 0.303 e. The molecule has 2 fully saturated rings. The Kier molecular flexibility index (Phi) is 5.77. The number of carbonyl (C=O) groups is 2. The average molecular weight is 280 g/mol. The fraction of sp³-hybridized carbons (Fsp3) is 0.750. The van der Waals surface area contributed by atoms with Crippen molar-refractivity contribution in [2.75, 3.05) is 0 Å². The first-order valence-electron chi connectivity index (χ1n) is 7.68. The third kappa shape index (κ3) is 3.92. The van der Waals surface area contributed by atoms with E-state index >= 15 is 0 Å². The third-order valence-corrected chi connectivity index (χ3v) is 4.54. The predicted octanol–water partition coefficient (Wildman–Crippen LogP) is 2.96. The Bertz CT molecular complexity index is 363. The zero-order valence-corrected chi connectivity index (χ0v) is 11.9. The van der Waals surface area contributed by atoms with Gasteiger partial charge >= 0.3 is 5.97 Å². The lowest BCUT2D eigenvalue weighted by atomic mass is 9.75. The number of aliphatic carboxylic acids is 1. The number of unbranched alkanes of at least 4 members (excludes halogenated alkanes) is 1. The van der Waals surface area contributed by atoms with Gasteiger partial charge in [0.15, 0.2) is 0 Å². The summed E-state index contributed by atoms with van der Waals surface area (Å²) in [5.74, 6) is 0.348. The van der Waals surface area contributed by atoms with Gasteiger partial charge < -0.3 is 14.6 Å². The van der Waals surface area contributed by atoms with Gasteiger partial charge in [-0.25, -0.2) is 0 Å². The minimum atomic E-state index is -0.728. The molecule has 0 spiro atoms. The van der Waals surface area contributed by atoms with Crippen molar-refractivity contribution in [2.45, 2.75) is 63.6 Å². The highest BCUT2D eigenvalue weighted by Gasteiger charge is 2.47. The van der Waals surface area contributed by atoms with Crippen molar-refractivity contribution in [1.82, 2.24) is 0 Å². The smallest absolute Gasteiger partial charge is 0.303 e. The van der Waals surface area contributed by atoms with E-state index in [1.165, 1.54) is 0 Å². The molecule has 0 saturated carbocycles. The Labute approximate surface area is 120 Å². The fourth-order valence-electron chi connectivity index (χ4n) is 3.60. The van der Waals surface area contributed by atoms with E-state index in [-0.39, 0.29) is 6.42 Å². The quantitative estimate of drug-likeness (QED) is 0.400. The molecule has 2 aliphatic rings. The fourth-order valence-corrected chi connectivity index (χ4v) is 3.60.